The van der Waals surface area contributed by atoms with Gasteiger partial charge in [-0.15, -0.1) is 5.10 Å². The summed E-state index contributed by atoms with van der Waals surface area (Å²) in [5, 5.41) is 32.9. The quantitative estimate of drug-likeness (QED) is 0.269. The molecule has 11 heteroatoms. The molecule has 1 aromatic heterocycles. The lowest BCUT2D eigenvalue weighted by molar-refractivity contribution is -0.140. The van der Waals surface area contributed by atoms with Gasteiger partial charge in [0.2, 0.25) is 0 Å². The smallest absolute Gasteiger partial charge is 0.416 e. The van der Waals surface area contributed by atoms with Crippen LogP contribution in [-0.4, -0.2) is 36.9 Å². The summed E-state index contributed by atoms with van der Waals surface area (Å²) < 4.78 is 41.5. The molecule has 3 unspecified atom stereocenters. The zero-order chi connectivity index (χ0) is 29.6. The number of alkyl halides is 3. The Morgan fingerprint density at radius 3 is 2.31 bits per heavy atom. The second-order valence-corrected chi connectivity index (χ2v) is 10.8. The molecule has 42 heavy (non-hydrogen) atoms. The van der Waals surface area contributed by atoms with Crippen LogP contribution in [0.25, 0.3) is 11.1 Å². The van der Waals surface area contributed by atoms with Crippen molar-refractivity contribution in [2.75, 3.05) is 0 Å². The van der Waals surface area contributed by atoms with Crippen LogP contribution in [0.15, 0.2) is 84.1 Å². The maximum atomic E-state index is 13.4. The van der Waals surface area contributed by atoms with Crippen molar-refractivity contribution in [3.05, 3.63) is 107 Å². The molecule has 4 aromatic rings. The summed E-state index contributed by atoms with van der Waals surface area (Å²) in [5.41, 5.74) is 2.73. The average Bonchev–Trinajstić information content (AvgIpc) is 3.52. The van der Waals surface area contributed by atoms with Crippen LogP contribution in [-0.2, 0) is 27.8 Å². The number of aliphatic carboxylic acids is 1. The number of hydrogen-bond donors (Lipinski definition) is 2. The van der Waals surface area contributed by atoms with Gasteiger partial charge in [0.1, 0.15) is 11.8 Å². The van der Waals surface area contributed by atoms with Crippen LogP contribution in [0.5, 0.6) is 0 Å². The summed E-state index contributed by atoms with van der Waals surface area (Å²) in [6, 6.07) is 20.4. The Kier molecular flexibility index (Phi) is 6.84. The average molecular weight is 577 g/mol. The first kappa shape index (κ1) is 27.6. The van der Waals surface area contributed by atoms with E-state index in [1.165, 1.54) is 29.1 Å². The molecule has 0 saturated heterocycles. The number of carbonyl (C=O) groups is 1. The maximum absolute atomic E-state index is 13.4. The van der Waals surface area contributed by atoms with Crippen molar-refractivity contribution in [1.29, 1.82) is 0 Å². The number of carboxylic acid groups (broad SMARTS) is 1. The van der Waals surface area contributed by atoms with Crippen molar-refractivity contribution in [1.82, 2.24) is 15.0 Å². The summed E-state index contributed by atoms with van der Waals surface area (Å²) >= 11 is 0. The number of halogens is 3. The monoisotopic (exact) mass is 576 g/mol. The van der Waals surface area contributed by atoms with Gasteiger partial charge in [-0.2, -0.15) is 13.2 Å². The number of rotatable bonds is 8. The summed E-state index contributed by atoms with van der Waals surface area (Å²) in [4.78, 5) is 17.3. The molecule has 0 spiro atoms. The minimum Gasteiger partial charge on any atom is -0.481 e. The molecule has 1 saturated carbocycles. The normalized spacial score (nSPS) is 20.1. The van der Waals surface area contributed by atoms with Crippen molar-refractivity contribution in [3.63, 3.8) is 0 Å². The minimum absolute atomic E-state index is 0.0411. The van der Waals surface area contributed by atoms with Crippen molar-refractivity contribution >= 4 is 11.7 Å². The van der Waals surface area contributed by atoms with Crippen LogP contribution in [0.3, 0.4) is 0 Å². The SMILES string of the molecule is CC1=NOC(c2ccc(-c3ccc(C4(C(=O)O)CC4)cc3)cc2)C1C(O)c1cn(Cc2ccccc2C(F)(F)F)nn1. The first-order valence-electron chi connectivity index (χ1n) is 13.4. The second kappa shape index (κ2) is 10.4. The molecule has 2 aliphatic rings. The number of hydrogen-bond acceptors (Lipinski definition) is 6. The van der Waals surface area contributed by atoms with Gasteiger partial charge in [-0.3, -0.25) is 4.79 Å². The van der Waals surface area contributed by atoms with Crippen LogP contribution >= 0.6 is 0 Å². The highest BCUT2D eigenvalue weighted by molar-refractivity contribution is 5.86. The summed E-state index contributed by atoms with van der Waals surface area (Å²) in [7, 11) is 0. The van der Waals surface area contributed by atoms with Gasteiger partial charge < -0.3 is 15.1 Å². The Morgan fingerprint density at radius 2 is 1.69 bits per heavy atom. The zero-order valence-corrected chi connectivity index (χ0v) is 22.5. The number of aliphatic hydroxyl groups is 1. The fraction of sp³-hybridized carbons (Fsp3) is 0.290. The lowest BCUT2D eigenvalue weighted by Crippen LogP contribution is -2.23. The van der Waals surface area contributed by atoms with Crippen molar-refractivity contribution < 1.29 is 33.0 Å². The number of aromatic nitrogens is 3. The predicted octanol–water partition coefficient (Wildman–Crippen LogP) is 5.93. The van der Waals surface area contributed by atoms with E-state index in [0.717, 1.165) is 28.3 Å². The lowest BCUT2D eigenvalue weighted by Gasteiger charge is -2.22. The predicted molar refractivity (Wildman–Crippen MR) is 146 cm³/mol. The molecule has 1 aliphatic heterocycles. The third kappa shape index (κ3) is 5.04. The molecular weight excluding hydrogens is 549 g/mol. The topological polar surface area (TPSA) is 110 Å². The van der Waals surface area contributed by atoms with Crippen LogP contribution in [0.2, 0.25) is 0 Å². The van der Waals surface area contributed by atoms with E-state index in [-0.39, 0.29) is 17.8 Å². The molecule has 0 bridgehead atoms. The first-order chi connectivity index (χ1) is 20.1. The van der Waals surface area contributed by atoms with E-state index in [9.17, 15) is 28.2 Å². The van der Waals surface area contributed by atoms with Crippen molar-refractivity contribution in [2.45, 2.75) is 50.1 Å². The number of nitrogens with zero attached hydrogens (tertiary/aromatic N) is 4. The van der Waals surface area contributed by atoms with Crippen molar-refractivity contribution in [3.8, 4) is 11.1 Å². The van der Waals surface area contributed by atoms with Crippen LogP contribution < -0.4 is 0 Å². The molecule has 1 fully saturated rings. The third-order valence-electron chi connectivity index (χ3n) is 8.14. The van der Waals surface area contributed by atoms with Crippen molar-refractivity contribution in [2.24, 2.45) is 11.1 Å². The highest BCUT2D eigenvalue weighted by Gasteiger charge is 2.51. The van der Waals surface area contributed by atoms with Gasteiger partial charge in [0.05, 0.1) is 35.3 Å². The van der Waals surface area contributed by atoms with Crippen LogP contribution in [0, 0.1) is 5.92 Å². The van der Waals surface area contributed by atoms with Gasteiger partial charge in [-0.1, -0.05) is 77.1 Å². The largest absolute Gasteiger partial charge is 0.481 e. The molecule has 6 rings (SSSR count). The third-order valence-corrected chi connectivity index (χ3v) is 8.14. The molecule has 3 aromatic carbocycles. The second-order valence-electron chi connectivity index (χ2n) is 10.8. The highest BCUT2D eigenvalue weighted by Crippen LogP contribution is 2.48. The number of benzene rings is 3. The summed E-state index contributed by atoms with van der Waals surface area (Å²) in [6.45, 7) is 1.57. The van der Waals surface area contributed by atoms with E-state index in [1.54, 1.807) is 6.92 Å². The highest BCUT2D eigenvalue weighted by atomic mass is 19.4. The number of aliphatic hydroxyl groups excluding tert-OH is 1. The molecule has 2 N–H and O–H groups in total. The maximum Gasteiger partial charge on any atom is 0.416 e. The fourth-order valence-corrected chi connectivity index (χ4v) is 5.57. The molecule has 216 valence electrons. The Labute approximate surface area is 239 Å². The van der Waals surface area contributed by atoms with E-state index in [4.69, 9.17) is 4.84 Å². The molecule has 2 heterocycles. The molecular formula is C31H27F3N4O4. The summed E-state index contributed by atoms with van der Waals surface area (Å²) in [6.07, 6.45) is -3.55. The van der Waals surface area contributed by atoms with E-state index in [2.05, 4.69) is 15.5 Å². The van der Waals surface area contributed by atoms with Crippen LogP contribution in [0.1, 0.15) is 59.9 Å². The van der Waals surface area contributed by atoms with Gasteiger partial charge in [-0.05, 0) is 53.6 Å². The van der Waals surface area contributed by atoms with Gasteiger partial charge in [-0.25, -0.2) is 4.68 Å². The van der Waals surface area contributed by atoms with E-state index in [0.29, 0.717) is 18.6 Å². The Bertz CT molecular complexity index is 1640. The van der Waals surface area contributed by atoms with Gasteiger partial charge in [0, 0.05) is 0 Å². The Balaban J connectivity index is 1.18. The molecule has 0 radical (unpaired) electrons. The first-order valence-corrected chi connectivity index (χ1v) is 13.4. The molecule has 1 aliphatic carbocycles. The standard InChI is InChI=1S/C31H27F3N4O4/c1-18-26(27(39)25-17-38(37-35-25)16-22-4-2-3-5-24(22)31(32,33)34)28(42-36-18)21-8-6-19(7-9-21)20-10-12-23(13-11-20)30(14-15-30)29(40)41/h2-13,17,26-28,39H,14-16H2,1H3,(H,40,41). The number of carboxylic acids is 1. The molecule has 3 atom stereocenters. The van der Waals surface area contributed by atoms with Crippen LogP contribution in [0.4, 0.5) is 13.2 Å². The van der Waals surface area contributed by atoms with Gasteiger partial charge >= 0.3 is 12.1 Å². The molecule has 0 amide bonds. The Hall–Kier alpha value is -4.51. The van der Waals surface area contributed by atoms with E-state index < -0.39 is 41.2 Å². The van der Waals surface area contributed by atoms with Gasteiger partial charge in [0.15, 0.2) is 6.10 Å². The van der Waals surface area contributed by atoms with E-state index in [1.807, 2.05) is 48.5 Å². The minimum atomic E-state index is -4.50. The van der Waals surface area contributed by atoms with Gasteiger partial charge in [0.25, 0.3) is 0 Å². The zero-order valence-electron chi connectivity index (χ0n) is 22.5. The summed E-state index contributed by atoms with van der Waals surface area (Å²) in [5.74, 6) is -1.38. The number of oxime groups is 1. The lowest BCUT2D eigenvalue weighted by atomic mass is 9.86. The molecule has 8 nitrogen and oxygen atoms in total. The Morgan fingerprint density at radius 1 is 1.05 bits per heavy atom. The van der Waals surface area contributed by atoms with E-state index >= 15 is 0 Å². The fourth-order valence-electron chi connectivity index (χ4n) is 5.57.